The Labute approximate surface area is 261 Å². The third-order valence-corrected chi connectivity index (χ3v) is 11.8. The first-order valence-electron chi connectivity index (χ1n) is 13.9. The molecule has 15 heteroatoms. The van der Waals surface area contributed by atoms with E-state index in [1.807, 2.05) is 31.3 Å². The van der Waals surface area contributed by atoms with Crippen molar-refractivity contribution in [3.63, 3.8) is 0 Å². The first-order valence-corrected chi connectivity index (χ1v) is 17.1. The molecule has 0 radical (unpaired) electrons. The number of aromatic amines is 1. The number of methoxy groups -OCH3 is 1. The van der Waals surface area contributed by atoms with Gasteiger partial charge in [-0.05, 0) is 55.8 Å². The van der Waals surface area contributed by atoms with E-state index in [0.29, 0.717) is 29.9 Å². The highest BCUT2D eigenvalue weighted by atomic mass is 32.2. The van der Waals surface area contributed by atoms with E-state index in [1.165, 1.54) is 29.1 Å². The number of benzene rings is 1. The van der Waals surface area contributed by atoms with E-state index in [2.05, 4.69) is 16.0 Å². The number of rotatable bonds is 12. The molecule has 0 saturated carbocycles. The number of carbonyl (C=O) groups is 1. The number of halogens is 3. The van der Waals surface area contributed by atoms with Gasteiger partial charge in [0.05, 0.1) is 23.1 Å². The number of nitrogens with one attached hydrogen (secondary N) is 1. The van der Waals surface area contributed by atoms with Crippen molar-refractivity contribution in [3.8, 4) is 10.7 Å². The molecule has 5 rings (SSSR count). The van der Waals surface area contributed by atoms with E-state index < -0.39 is 27.2 Å². The number of sulfone groups is 1. The number of H-pyrrole nitrogens is 1. The van der Waals surface area contributed by atoms with Crippen molar-refractivity contribution >= 4 is 49.4 Å². The molecule has 2 atom stereocenters. The zero-order valence-corrected chi connectivity index (χ0v) is 26.6. The lowest BCUT2D eigenvalue weighted by atomic mass is 10.1. The molecule has 1 aliphatic heterocycles. The summed E-state index contributed by atoms with van der Waals surface area (Å²) in [5.74, 6) is -2.76. The van der Waals surface area contributed by atoms with Crippen molar-refractivity contribution in [2.45, 2.75) is 54.4 Å². The van der Waals surface area contributed by atoms with Crippen LogP contribution in [0.1, 0.15) is 41.9 Å². The molecule has 0 amide bonds. The summed E-state index contributed by atoms with van der Waals surface area (Å²) in [7, 11) is -1.81. The van der Waals surface area contributed by atoms with Crippen LogP contribution in [0.3, 0.4) is 0 Å². The molecule has 1 unspecified atom stereocenters. The van der Waals surface area contributed by atoms with Crippen LogP contribution in [0.25, 0.3) is 21.6 Å². The topological polar surface area (TPSA) is 122 Å². The highest BCUT2D eigenvalue weighted by Crippen LogP contribution is 2.39. The molecule has 1 saturated heterocycles. The van der Waals surface area contributed by atoms with Gasteiger partial charge in [0.15, 0.2) is 9.84 Å². The van der Waals surface area contributed by atoms with Crippen molar-refractivity contribution in [2.75, 3.05) is 33.5 Å². The minimum absolute atomic E-state index is 0.381. The van der Waals surface area contributed by atoms with E-state index >= 15 is 0 Å². The van der Waals surface area contributed by atoms with E-state index in [4.69, 9.17) is 24.4 Å². The Bertz CT molecular complexity index is 1620. The van der Waals surface area contributed by atoms with Crippen molar-refractivity contribution in [3.05, 3.63) is 58.4 Å². The first-order chi connectivity index (χ1) is 21.0. The van der Waals surface area contributed by atoms with Crippen molar-refractivity contribution < 1.29 is 41.0 Å². The number of carboxylic acids is 1. The molecule has 240 valence electrons. The molecule has 3 aromatic heterocycles. The fourth-order valence-electron chi connectivity index (χ4n) is 5.13. The number of aliphatic carboxylic acids is 1. The number of ether oxygens (including phenoxy) is 2. The summed E-state index contributed by atoms with van der Waals surface area (Å²) in [5, 5.41) is 10.1. The zero-order chi connectivity index (χ0) is 31.9. The maximum absolute atomic E-state index is 13.7. The van der Waals surface area contributed by atoms with Crippen LogP contribution in [0.5, 0.6) is 0 Å². The van der Waals surface area contributed by atoms with Gasteiger partial charge in [-0.1, -0.05) is 24.3 Å². The SMILES string of the molecule is CCOCCC(c1cccc2cc(-c3ncc(CN4CCC[C@H]4COC)s3)[nH]c12)S(=O)(=O)c1cccs1.O=C(O)C(F)(F)F. The molecular formula is C29H34F3N3O6S3. The number of thiazole rings is 1. The van der Waals surface area contributed by atoms with Crippen LogP contribution < -0.4 is 0 Å². The average Bonchev–Trinajstić information content (AvgIpc) is 3.79. The van der Waals surface area contributed by atoms with Crippen LogP contribution in [0.2, 0.25) is 0 Å². The summed E-state index contributed by atoms with van der Waals surface area (Å²) < 4.78 is 70.4. The minimum atomic E-state index is -5.08. The second-order valence-corrected chi connectivity index (χ2v) is 14.5. The van der Waals surface area contributed by atoms with Gasteiger partial charge >= 0.3 is 12.1 Å². The lowest BCUT2D eigenvalue weighted by molar-refractivity contribution is -0.192. The smallest absolute Gasteiger partial charge is 0.475 e. The molecule has 4 heterocycles. The normalized spacial score (nSPS) is 16.6. The number of hydrogen-bond acceptors (Lipinski definition) is 9. The van der Waals surface area contributed by atoms with Gasteiger partial charge < -0.3 is 19.6 Å². The van der Waals surface area contributed by atoms with Crippen molar-refractivity contribution in [2.24, 2.45) is 0 Å². The van der Waals surface area contributed by atoms with Gasteiger partial charge in [0.2, 0.25) is 0 Å². The number of fused-ring (bicyclic) bond motifs is 1. The fourth-order valence-corrected chi connectivity index (χ4v) is 9.03. The fraction of sp³-hybridized carbons (Fsp3) is 0.448. The molecule has 0 spiro atoms. The second-order valence-electron chi connectivity index (χ2n) is 10.1. The highest BCUT2D eigenvalue weighted by Gasteiger charge is 2.38. The van der Waals surface area contributed by atoms with Gasteiger partial charge in [-0.3, -0.25) is 4.90 Å². The molecule has 9 nitrogen and oxygen atoms in total. The average molecular weight is 674 g/mol. The van der Waals surface area contributed by atoms with Crippen LogP contribution in [0.15, 0.2) is 52.2 Å². The second kappa shape index (κ2) is 15.0. The summed E-state index contributed by atoms with van der Waals surface area (Å²) in [6, 6.07) is 11.9. The molecule has 0 bridgehead atoms. The Balaban J connectivity index is 0.000000566. The Kier molecular flexibility index (Phi) is 11.6. The van der Waals surface area contributed by atoms with Crippen LogP contribution in [0.4, 0.5) is 13.2 Å². The summed E-state index contributed by atoms with van der Waals surface area (Å²) >= 11 is 2.94. The summed E-state index contributed by atoms with van der Waals surface area (Å²) in [6.45, 7) is 5.57. The lowest BCUT2D eigenvalue weighted by Crippen LogP contribution is -2.32. The number of carboxylic acid groups (broad SMARTS) is 1. The predicted octanol–water partition coefficient (Wildman–Crippen LogP) is 6.54. The molecule has 1 aromatic carbocycles. The quantitative estimate of drug-likeness (QED) is 0.163. The van der Waals surface area contributed by atoms with E-state index in [9.17, 15) is 21.6 Å². The Morgan fingerprint density at radius 2 is 2.05 bits per heavy atom. The third-order valence-electron chi connectivity index (χ3n) is 7.16. The summed E-state index contributed by atoms with van der Waals surface area (Å²) in [6.07, 6.45) is -0.366. The van der Waals surface area contributed by atoms with Crippen molar-refractivity contribution in [1.29, 1.82) is 0 Å². The highest BCUT2D eigenvalue weighted by molar-refractivity contribution is 7.93. The molecule has 1 fully saturated rings. The Morgan fingerprint density at radius 3 is 2.70 bits per heavy atom. The van der Waals surface area contributed by atoms with Crippen LogP contribution in [0, 0.1) is 0 Å². The number of likely N-dealkylation sites (tertiary alicyclic amines) is 1. The number of nitrogens with zero attached hydrogens (tertiary/aromatic N) is 2. The monoisotopic (exact) mass is 673 g/mol. The van der Waals surface area contributed by atoms with Gasteiger partial charge in [-0.25, -0.2) is 18.2 Å². The maximum Gasteiger partial charge on any atom is 0.490 e. The van der Waals surface area contributed by atoms with Crippen LogP contribution in [-0.2, 0) is 30.7 Å². The molecule has 0 aliphatic carbocycles. The van der Waals surface area contributed by atoms with Gasteiger partial charge in [-0.15, -0.1) is 22.7 Å². The maximum atomic E-state index is 13.7. The Morgan fingerprint density at radius 1 is 1.27 bits per heavy atom. The predicted molar refractivity (Wildman–Crippen MR) is 164 cm³/mol. The van der Waals surface area contributed by atoms with Gasteiger partial charge in [-0.2, -0.15) is 13.2 Å². The molecule has 1 aliphatic rings. The largest absolute Gasteiger partial charge is 0.490 e. The summed E-state index contributed by atoms with van der Waals surface area (Å²) in [4.78, 5) is 20.8. The zero-order valence-electron chi connectivity index (χ0n) is 24.2. The van der Waals surface area contributed by atoms with Crippen molar-refractivity contribution in [1.82, 2.24) is 14.9 Å². The minimum Gasteiger partial charge on any atom is -0.475 e. The molecule has 2 N–H and O–H groups in total. The van der Waals surface area contributed by atoms with Crippen LogP contribution in [-0.4, -0.2) is 80.1 Å². The first kappa shape index (κ1) is 34.1. The van der Waals surface area contributed by atoms with E-state index in [0.717, 1.165) is 46.9 Å². The number of alkyl halides is 3. The Hall–Kier alpha value is -2.82. The number of thiophene rings is 1. The molecule has 4 aromatic rings. The molecular weight excluding hydrogens is 640 g/mol. The van der Waals surface area contributed by atoms with E-state index in [1.54, 1.807) is 36.0 Å². The van der Waals surface area contributed by atoms with E-state index in [-0.39, 0.29) is 0 Å². The number of hydrogen-bond donors (Lipinski definition) is 2. The van der Waals surface area contributed by atoms with Crippen LogP contribution >= 0.6 is 22.7 Å². The summed E-state index contributed by atoms with van der Waals surface area (Å²) in [5.41, 5.74) is 2.52. The van der Waals surface area contributed by atoms with Gasteiger partial charge in [0.25, 0.3) is 0 Å². The van der Waals surface area contributed by atoms with Gasteiger partial charge in [0, 0.05) is 49.4 Å². The molecule has 44 heavy (non-hydrogen) atoms. The standard InChI is InChI=1S/C27H33N3O4S3.C2HF3O2/c1-3-34-13-11-24(37(31,32)25-10-6-14-35-25)22-9-4-7-19-15-23(29-26(19)22)27-28-16-21(36-27)17-30-12-5-8-20(30)18-33-2;3-2(4,5)1(6)7/h4,6-7,9-10,14-16,20,24,29H,3,5,8,11-13,17-18H2,1-2H3;(H,6,7)/t20-,24?;/m0./s1. The van der Waals surface area contributed by atoms with Gasteiger partial charge in [0.1, 0.15) is 9.22 Å². The third kappa shape index (κ3) is 8.25. The lowest BCUT2D eigenvalue weighted by Gasteiger charge is -2.22. The number of aromatic nitrogens is 2. The number of para-hydroxylation sites is 1.